The third-order valence-electron chi connectivity index (χ3n) is 2.31. The van der Waals surface area contributed by atoms with E-state index in [4.69, 9.17) is 14.6 Å². The van der Waals surface area contributed by atoms with E-state index < -0.39 is 0 Å². The van der Waals surface area contributed by atoms with Gasteiger partial charge in [-0.1, -0.05) is 0 Å². The molecule has 0 radical (unpaired) electrons. The zero-order valence-electron chi connectivity index (χ0n) is 11.6. The van der Waals surface area contributed by atoms with Crippen molar-refractivity contribution in [3.8, 4) is 5.75 Å². The molecule has 0 aliphatic rings. The second-order valence-corrected chi connectivity index (χ2v) is 4.93. The van der Waals surface area contributed by atoms with Gasteiger partial charge in [-0.3, -0.25) is 4.79 Å². The average molecular weight is 299 g/mol. The van der Waals surface area contributed by atoms with Crippen LogP contribution in [0.15, 0.2) is 29.2 Å². The Labute approximate surface area is 123 Å². The van der Waals surface area contributed by atoms with Gasteiger partial charge in [0.1, 0.15) is 5.75 Å². The van der Waals surface area contributed by atoms with E-state index in [9.17, 15) is 4.79 Å². The molecule has 1 aromatic carbocycles. The molecule has 0 aromatic heterocycles. The molecule has 6 heteroatoms. The van der Waals surface area contributed by atoms with Crippen molar-refractivity contribution in [1.29, 1.82) is 0 Å². The van der Waals surface area contributed by atoms with Crippen molar-refractivity contribution in [2.45, 2.75) is 11.8 Å². The number of benzene rings is 1. The zero-order chi connectivity index (χ0) is 14.6. The average Bonchev–Trinajstić information content (AvgIpc) is 2.47. The molecular formula is C14H21NO4S. The van der Waals surface area contributed by atoms with E-state index in [1.54, 1.807) is 0 Å². The molecule has 2 N–H and O–H groups in total. The smallest absolute Gasteiger partial charge is 0.230 e. The number of amides is 1. The number of thioether (sulfide) groups is 1. The van der Waals surface area contributed by atoms with Gasteiger partial charge in [-0.15, -0.1) is 11.8 Å². The van der Waals surface area contributed by atoms with Gasteiger partial charge in [0.2, 0.25) is 5.91 Å². The molecule has 0 heterocycles. The minimum atomic E-state index is -0.0310. The van der Waals surface area contributed by atoms with Crippen LogP contribution in [0.5, 0.6) is 5.75 Å². The molecule has 0 aliphatic carbocycles. The summed E-state index contributed by atoms with van der Waals surface area (Å²) in [5.41, 5.74) is 0. The highest BCUT2D eigenvalue weighted by molar-refractivity contribution is 8.00. The summed E-state index contributed by atoms with van der Waals surface area (Å²) < 4.78 is 10.4. The van der Waals surface area contributed by atoms with Gasteiger partial charge in [0, 0.05) is 11.4 Å². The Balaban J connectivity index is 2.16. The first-order chi connectivity index (χ1) is 9.76. The van der Waals surface area contributed by atoms with E-state index in [0.29, 0.717) is 32.1 Å². The third-order valence-corrected chi connectivity index (χ3v) is 3.32. The van der Waals surface area contributed by atoms with E-state index >= 15 is 0 Å². The fraction of sp³-hybridized carbons (Fsp3) is 0.500. The van der Waals surface area contributed by atoms with Gasteiger partial charge in [-0.05, 0) is 31.2 Å². The maximum absolute atomic E-state index is 11.6. The molecule has 0 atom stereocenters. The zero-order valence-corrected chi connectivity index (χ0v) is 12.4. The van der Waals surface area contributed by atoms with E-state index in [2.05, 4.69) is 5.32 Å². The van der Waals surface area contributed by atoms with E-state index in [0.717, 1.165) is 10.6 Å². The topological polar surface area (TPSA) is 67.8 Å². The number of hydrogen-bond acceptors (Lipinski definition) is 5. The Bertz CT molecular complexity index is 383. The van der Waals surface area contributed by atoms with Crippen LogP contribution in [0.25, 0.3) is 0 Å². The SMILES string of the molecule is CCOc1ccc(SCC(=O)NCCOCCO)cc1. The molecule has 1 aromatic rings. The van der Waals surface area contributed by atoms with Crippen molar-refractivity contribution in [1.82, 2.24) is 5.32 Å². The monoisotopic (exact) mass is 299 g/mol. The lowest BCUT2D eigenvalue weighted by Gasteiger charge is -2.06. The first-order valence-electron chi connectivity index (χ1n) is 6.57. The number of aliphatic hydroxyl groups excluding tert-OH is 1. The number of carbonyl (C=O) groups is 1. The van der Waals surface area contributed by atoms with Crippen LogP contribution >= 0.6 is 11.8 Å². The Morgan fingerprint density at radius 2 is 2.05 bits per heavy atom. The van der Waals surface area contributed by atoms with Gasteiger partial charge in [0.25, 0.3) is 0 Å². The second-order valence-electron chi connectivity index (χ2n) is 3.88. The summed E-state index contributed by atoms with van der Waals surface area (Å²) in [6, 6.07) is 7.67. The molecule has 5 nitrogen and oxygen atoms in total. The number of rotatable bonds is 10. The maximum atomic E-state index is 11.6. The number of aliphatic hydroxyl groups is 1. The molecule has 0 bridgehead atoms. The summed E-state index contributed by atoms with van der Waals surface area (Å²) in [6.07, 6.45) is 0. The highest BCUT2D eigenvalue weighted by atomic mass is 32.2. The van der Waals surface area contributed by atoms with Gasteiger partial charge in [-0.25, -0.2) is 0 Å². The van der Waals surface area contributed by atoms with E-state index in [1.165, 1.54) is 11.8 Å². The van der Waals surface area contributed by atoms with Crippen molar-refractivity contribution in [3.63, 3.8) is 0 Å². The highest BCUT2D eigenvalue weighted by Crippen LogP contribution is 2.21. The van der Waals surface area contributed by atoms with Crippen LogP contribution in [0.3, 0.4) is 0 Å². The second kappa shape index (κ2) is 10.5. The normalized spacial score (nSPS) is 10.3. The molecule has 0 saturated heterocycles. The van der Waals surface area contributed by atoms with Gasteiger partial charge in [-0.2, -0.15) is 0 Å². The van der Waals surface area contributed by atoms with Crippen LogP contribution < -0.4 is 10.1 Å². The number of nitrogens with one attached hydrogen (secondary N) is 1. The molecule has 0 unspecified atom stereocenters. The number of carbonyl (C=O) groups excluding carboxylic acids is 1. The number of hydrogen-bond donors (Lipinski definition) is 2. The molecule has 0 spiro atoms. The van der Waals surface area contributed by atoms with Crippen LogP contribution in [0.2, 0.25) is 0 Å². The van der Waals surface area contributed by atoms with Crippen molar-refractivity contribution >= 4 is 17.7 Å². The summed E-state index contributed by atoms with van der Waals surface area (Å²) in [5, 5.41) is 11.3. The lowest BCUT2D eigenvalue weighted by molar-refractivity contribution is -0.118. The highest BCUT2D eigenvalue weighted by Gasteiger charge is 2.02. The van der Waals surface area contributed by atoms with Crippen LogP contribution in [0.4, 0.5) is 0 Å². The van der Waals surface area contributed by atoms with Gasteiger partial charge in [0.05, 0.1) is 32.2 Å². The predicted molar refractivity (Wildman–Crippen MR) is 79.2 cm³/mol. The Hall–Kier alpha value is -1.24. The van der Waals surface area contributed by atoms with Crippen LogP contribution in [0, 0.1) is 0 Å². The summed E-state index contributed by atoms with van der Waals surface area (Å²) in [6.45, 7) is 3.77. The Morgan fingerprint density at radius 1 is 1.30 bits per heavy atom. The van der Waals surface area contributed by atoms with Crippen LogP contribution in [-0.4, -0.2) is 49.7 Å². The van der Waals surface area contributed by atoms with E-state index in [-0.39, 0.29) is 12.5 Å². The molecule has 0 saturated carbocycles. The van der Waals surface area contributed by atoms with Crippen LogP contribution in [-0.2, 0) is 9.53 Å². The quantitative estimate of drug-likeness (QED) is 0.503. The summed E-state index contributed by atoms with van der Waals surface area (Å²) >= 11 is 1.48. The van der Waals surface area contributed by atoms with E-state index in [1.807, 2.05) is 31.2 Å². The van der Waals surface area contributed by atoms with Gasteiger partial charge < -0.3 is 19.9 Å². The minimum Gasteiger partial charge on any atom is -0.494 e. The van der Waals surface area contributed by atoms with Crippen molar-refractivity contribution < 1.29 is 19.4 Å². The molecule has 0 fully saturated rings. The molecule has 1 amide bonds. The molecule has 20 heavy (non-hydrogen) atoms. The largest absolute Gasteiger partial charge is 0.494 e. The third kappa shape index (κ3) is 7.37. The molecule has 1 rings (SSSR count). The Kier molecular flexibility index (Phi) is 8.86. The first kappa shape index (κ1) is 16.8. The maximum Gasteiger partial charge on any atom is 0.230 e. The lowest BCUT2D eigenvalue weighted by atomic mass is 10.3. The fourth-order valence-electron chi connectivity index (χ4n) is 1.43. The fourth-order valence-corrected chi connectivity index (χ4v) is 2.16. The standard InChI is InChI=1S/C14H21NO4S/c1-2-19-12-3-5-13(6-4-12)20-11-14(17)15-7-9-18-10-8-16/h3-6,16H,2,7-11H2,1H3,(H,15,17). The van der Waals surface area contributed by atoms with Crippen LogP contribution in [0.1, 0.15) is 6.92 Å². The summed E-state index contributed by atoms with van der Waals surface area (Å²) in [5.74, 6) is 1.17. The summed E-state index contributed by atoms with van der Waals surface area (Å²) in [7, 11) is 0. The number of ether oxygens (including phenoxy) is 2. The van der Waals surface area contributed by atoms with Crippen molar-refractivity contribution in [2.24, 2.45) is 0 Å². The van der Waals surface area contributed by atoms with Gasteiger partial charge >= 0.3 is 0 Å². The lowest BCUT2D eigenvalue weighted by Crippen LogP contribution is -2.29. The molecule has 112 valence electrons. The van der Waals surface area contributed by atoms with Crippen molar-refractivity contribution in [3.05, 3.63) is 24.3 Å². The minimum absolute atomic E-state index is 0.00153. The molecule has 0 aliphatic heterocycles. The molecular weight excluding hydrogens is 278 g/mol. The predicted octanol–water partition coefficient (Wildman–Crippen LogP) is 1.30. The van der Waals surface area contributed by atoms with Crippen molar-refractivity contribution in [2.75, 3.05) is 38.7 Å². The summed E-state index contributed by atoms with van der Waals surface area (Å²) in [4.78, 5) is 12.6. The Morgan fingerprint density at radius 3 is 2.70 bits per heavy atom. The first-order valence-corrected chi connectivity index (χ1v) is 7.55. The van der Waals surface area contributed by atoms with Gasteiger partial charge in [0.15, 0.2) is 0 Å².